The number of carbonyl (C=O) groups is 1. The number of carbonyl (C=O) groups excluding carboxylic acids is 1. The van der Waals surface area contributed by atoms with Crippen molar-refractivity contribution in [2.45, 2.75) is 44.9 Å². The van der Waals surface area contributed by atoms with Crippen molar-refractivity contribution < 1.29 is 22.7 Å². The van der Waals surface area contributed by atoms with Gasteiger partial charge in [0.2, 0.25) is 0 Å². The fraction of sp³-hybridized carbons (Fsp3) is 0.625. The molecule has 3 fully saturated rings. The quantitative estimate of drug-likeness (QED) is 0.635. The molecule has 1 amide bonds. The van der Waals surface area contributed by atoms with Gasteiger partial charge in [-0.15, -0.1) is 0 Å². The van der Waals surface area contributed by atoms with Gasteiger partial charge in [0.25, 0.3) is 0 Å². The van der Waals surface area contributed by atoms with Crippen LogP contribution in [0.4, 0.5) is 23.8 Å². The Morgan fingerprint density at radius 1 is 1.23 bits per heavy atom. The molecular formula is C24H31F3N6O2. The largest absolute Gasteiger partial charge is 0.450 e. The summed E-state index contributed by atoms with van der Waals surface area (Å²) in [6, 6.07) is 4.20. The second kappa shape index (κ2) is 9.33. The summed E-state index contributed by atoms with van der Waals surface area (Å²) in [6.07, 6.45) is 3.49. The highest BCUT2D eigenvalue weighted by molar-refractivity contribution is 5.75. The predicted molar refractivity (Wildman–Crippen MR) is 124 cm³/mol. The molecule has 2 aromatic rings. The third-order valence-corrected chi connectivity index (χ3v) is 7.46. The van der Waals surface area contributed by atoms with Crippen LogP contribution in [0.15, 0.2) is 30.7 Å². The topological polar surface area (TPSA) is 66.7 Å². The van der Waals surface area contributed by atoms with Crippen LogP contribution in [0.3, 0.4) is 0 Å². The number of piperazine rings is 1. The van der Waals surface area contributed by atoms with E-state index < -0.39 is 12.7 Å². The fourth-order valence-electron chi connectivity index (χ4n) is 5.83. The monoisotopic (exact) mass is 492 g/mol. The third-order valence-electron chi connectivity index (χ3n) is 7.46. The molecule has 4 heterocycles. The van der Waals surface area contributed by atoms with Crippen molar-refractivity contribution >= 4 is 11.9 Å². The summed E-state index contributed by atoms with van der Waals surface area (Å²) in [5.74, 6) is 0.783. The summed E-state index contributed by atoms with van der Waals surface area (Å²) in [6.45, 7) is 6.14. The molecule has 1 saturated carbocycles. The van der Waals surface area contributed by atoms with Gasteiger partial charge < -0.3 is 14.5 Å². The van der Waals surface area contributed by atoms with E-state index in [4.69, 9.17) is 4.74 Å². The Morgan fingerprint density at radius 2 is 2.00 bits per heavy atom. The van der Waals surface area contributed by atoms with Crippen LogP contribution >= 0.6 is 0 Å². The van der Waals surface area contributed by atoms with E-state index in [1.54, 1.807) is 12.3 Å². The SMILES string of the molecule is CCOC(=O)N1CC2(CC[C@@H](N3CCN(c4ncccc4-c4cnn(CC(F)(F)F)c4)CC3)C2)C1. The molecule has 0 radical (unpaired) electrons. The highest BCUT2D eigenvalue weighted by Gasteiger charge is 2.51. The van der Waals surface area contributed by atoms with Gasteiger partial charge in [-0.25, -0.2) is 9.78 Å². The molecule has 2 aromatic heterocycles. The van der Waals surface area contributed by atoms with Crippen LogP contribution in [-0.4, -0.2) is 88.8 Å². The highest BCUT2D eigenvalue weighted by atomic mass is 19.4. The van der Waals surface area contributed by atoms with Gasteiger partial charge in [0.05, 0.1) is 12.8 Å². The van der Waals surface area contributed by atoms with Crippen molar-refractivity contribution in [1.29, 1.82) is 0 Å². The second-order valence-corrected chi connectivity index (χ2v) is 9.89. The number of alkyl halides is 3. The molecule has 3 aliphatic rings. The van der Waals surface area contributed by atoms with E-state index in [2.05, 4.69) is 19.9 Å². The lowest BCUT2D eigenvalue weighted by Gasteiger charge is -2.48. The van der Waals surface area contributed by atoms with Gasteiger partial charge in [0, 0.05) is 74.2 Å². The molecule has 2 aliphatic heterocycles. The van der Waals surface area contributed by atoms with Gasteiger partial charge in [-0.1, -0.05) is 0 Å². The minimum Gasteiger partial charge on any atom is -0.450 e. The molecule has 0 unspecified atom stereocenters. The maximum absolute atomic E-state index is 12.7. The van der Waals surface area contributed by atoms with E-state index >= 15 is 0 Å². The van der Waals surface area contributed by atoms with Crippen molar-refractivity contribution in [3.05, 3.63) is 30.7 Å². The number of amides is 1. The molecule has 0 aromatic carbocycles. The number of pyridine rings is 1. The maximum Gasteiger partial charge on any atom is 0.409 e. The minimum absolute atomic E-state index is 0.203. The van der Waals surface area contributed by atoms with Gasteiger partial charge in [-0.3, -0.25) is 9.58 Å². The molecule has 5 rings (SSSR count). The predicted octanol–water partition coefficient (Wildman–Crippen LogP) is 3.64. The lowest BCUT2D eigenvalue weighted by molar-refractivity contribution is -0.142. The third kappa shape index (κ3) is 5.10. The summed E-state index contributed by atoms with van der Waals surface area (Å²) in [5, 5.41) is 3.89. The molecule has 1 spiro atoms. The van der Waals surface area contributed by atoms with Crippen molar-refractivity contribution in [3.63, 3.8) is 0 Å². The molecule has 35 heavy (non-hydrogen) atoms. The van der Waals surface area contributed by atoms with Gasteiger partial charge in [-0.05, 0) is 38.3 Å². The van der Waals surface area contributed by atoms with E-state index in [0.29, 0.717) is 18.2 Å². The number of rotatable bonds is 5. The number of hydrogen-bond donors (Lipinski definition) is 0. The summed E-state index contributed by atoms with van der Waals surface area (Å²) < 4.78 is 44.3. The van der Waals surface area contributed by atoms with Crippen LogP contribution in [0, 0.1) is 5.41 Å². The molecule has 2 saturated heterocycles. The van der Waals surface area contributed by atoms with Crippen molar-refractivity contribution in [2.24, 2.45) is 5.41 Å². The zero-order valence-corrected chi connectivity index (χ0v) is 19.9. The van der Waals surface area contributed by atoms with E-state index in [1.165, 1.54) is 12.4 Å². The minimum atomic E-state index is -4.31. The number of halogens is 3. The summed E-state index contributed by atoms with van der Waals surface area (Å²) >= 11 is 0. The fourth-order valence-corrected chi connectivity index (χ4v) is 5.83. The van der Waals surface area contributed by atoms with E-state index in [1.807, 2.05) is 17.9 Å². The normalized spacial score (nSPS) is 22.5. The van der Waals surface area contributed by atoms with E-state index in [0.717, 1.165) is 74.6 Å². The van der Waals surface area contributed by atoms with E-state index in [-0.39, 0.29) is 11.5 Å². The first kappa shape index (κ1) is 23.9. The number of nitrogens with zero attached hydrogens (tertiary/aromatic N) is 6. The molecule has 1 aliphatic carbocycles. The zero-order valence-electron chi connectivity index (χ0n) is 19.9. The maximum atomic E-state index is 12.7. The van der Waals surface area contributed by atoms with Gasteiger partial charge in [0.15, 0.2) is 0 Å². The Morgan fingerprint density at radius 3 is 2.71 bits per heavy atom. The van der Waals surface area contributed by atoms with E-state index in [9.17, 15) is 18.0 Å². The zero-order chi connectivity index (χ0) is 24.6. The van der Waals surface area contributed by atoms with Crippen molar-refractivity contribution in [2.75, 3.05) is 50.8 Å². The average molecular weight is 493 g/mol. The Labute approximate surface area is 202 Å². The standard InChI is InChI=1S/C24H31F3N6O2/c1-2-35-22(34)32-15-23(16-32)6-5-19(12-23)30-8-10-31(11-9-30)21-20(4-3-7-28-21)18-13-29-33(14-18)17-24(25,26)27/h3-4,7,13-14,19H,2,5-6,8-12,15-17H2,1H3/t19-/m1/s1. The summed E-state index contributed by atoms with van der Waals surface area (Å²) in [4.78, 5) is 23.1. The van der Waals surface area contributed by atoms with Gasteiger partial charge in [-0.2, -0.15) is 18.3 Å². The highest BCUT2D eigenvalue weighted by Crippen LogP contribution is 2.47. The number of hydrogen-bond acceptors (Lipinski definition) is 6. The van der Waals surface area contributed by atoms with Gasteiger partial charge in [0.1, 0.15) is 12.4 Å². The number of ether oxygens (including phenoxy) is 1. The number of aromatic nitrogens is 3. The first-order valence-corrected chi connectivity index (χ1v) is 12.2. The lowest BCUT2D eigenvalue weighted by Crippen LogP contribution is -2.58. The smallest absolute Gasteiger partial charge is 0.409 e. The van der Waals surface area contributed by atoms with Crippen LogP contribution < -0.4 is 4.90 Å². The molecule has 11 heteroatoms. The Hall–Kier alpha value is -2.82. The Bertz CT molecular complexity index is 1040. The van der Waals surface area contributed by atoms with Crippen molar-refractivity contribution in [1.82, 2.24) is 24.6 Å². The number of anilines is 1. The summed E-state index contributed by atoms with van der Waals surface area (Å²) in [7, 11) is 0. The molecular weight excluding hydrogens is 461 g/mol. The summed E-state index contributed by atoms with van der Waals surface area (Å²) in [5.41, 5.74) is 1.66. The first-order valence-electron chi connectivity index (χ1n) is 12.2. The molecule has 0 bridgehead atoms. The van der Waals surface area contributed by atoms with Crippen LogP contribution in [0.2, 0.25) is 0 Å². The average Bonchev–Trinajstić information content (AvgIpc) is 3.45. The second-order valence-electron chi connectivity index (χ2n) is 9.89. The molecule has 0 N–H and O–H groups in total. The molecule has 1 atom stereocenters. The van der Waals surface area contributed by atoms with Crippen LogP contribution in [-0.2, 0) is 11.3 Å². The Balaban J connectivity index is 1.18. The molecule has 8 nitrogen and oxygen atoms in total. The van der Waals surface area contributed by atoms with Crippen molar-refractivity contribution in [3.8, 4) is 11.1 Å². The Kier molecular flexibility index (Phi) is 6.37. The lowest BCUT2D eigenvalue weighted by atomic mass is 9.78. The van der Waals surface area contributed by atoms with Crippen LogP contribution in [0.1, 0.15) is 26.2 Å². The first-order chi connectivity index (χ1) is 16.8. The molecule has 190 valence electrons. The van der Waals surface area contributed by atoms with Crippen LogP contribution in [0.25, 0.3) is 11.1 Å². The number of likely N-dealkylation sites (tertiary alicyclic amines) is 1. The van der Waals surface area contributed by atoms with Crippen LogP contribution in [0.5, 0.6) is 0 Å². The van der Waals surface area contributed by atoms with Gasteiger partial charge >= 0.3 is 12.3 Å².